The van der Waals surface area contributed by atoms with Crippen LogP contribution in [0.1, 0.15) is 5.69 Å². The zero-order valence-electron chi connectivity index (χ0n) is 10.8. The van der Waals surface area contributed by atoms with Gasteiger partial charge in [0.1, 0.15) is 5.82 Å². The van der Waals surface area contributed by atoms with Gasteiger partial charge in [-0.05, 0) is 31.2 Å². The van der Waals surface area contributed by atoms with Crippen molar-refractivity contribution in [3.05, 3.63) is 40.5 Å². The van der Waals surface area contributed by atoms with E-state index in [1.165, 1.54) is 0 Å². The maximum atomic E-state index is 11.8. The molecule has 2 rings (SSSR count). The van der Waals surface area contributed by atoms with Crippen molar-refractivity contribution in [2.24, 2.45) is 7.05 Å². The van der Waals surface area contributed by atoms with Crippen molar-refractivity contribution in [1.29, 1.82) is 0 Å². The van der Waals surface area contributed by atoms with E-state index in [1.54, 1.807) is 11.7 Å². The molecule has 1 heterocycles. The standard InChI is InChI=1S/C13H15BrN4O/c1-9-7-12(18(2)17-9)16-13(19)8-15-11-5-3-10(14)4-6-11/h3-7,15H,8H2,1-2H3,(H,16,19). The summed E-state index contributed by atoms with van der Waals surface area (Å²) in [5.41, 5.74) is 1.78. The van der Waals surface area contributed by atoms with Gasteiger partial charge < -0.3 is 10.6 Å². The highest BCUT2D eigenvalue weighted by Crippen LogP contribution is 2.14. The fourth-order valence-corrected chi connectivity index (χ4v) is 1.93. The molecule has 0 aliphatic carbocycles. The number of aromatic nitrogens is 2. The topological polar surface area (TPSA) is 59.0 Å². The molecule has 0 fully saturated rings. The summed E-state index contributed by atoms with van der Waals surface area (Å²) in [6, 6.07) is 9.49. The second kappa shape index (κ2) is 5.88. The third-order valence-electron chi connectivity index (χ3n) is 2.57. The van der Waals surface area contributed by atoms with Crippen molar-refractivity contribution in [3.8, 4) is 0 Å². The van der Waals surface area contributed by atoms with Gasteiger partial charge in [-0.2, -0.15) is 5.10 Å². The number of rotatable bonds is 4. The highest BCUT2D eigenvalue weighted by atomic mass is 79.9. The highest BCUT2D eigenvalue weighted by Gasteiger charge is 2.06. The third-order valence-corrected chi connectivity index (χ3v) is 3.10. The molecule has 5 nitrogen and oxygen atoms in total. The molecule has 0 radical (unpaired) electrons. The lowest BCUT2D eigenvalue weighted by molar-refractivity contribution is -0.114. The van der Waals surface area contributed by atoms with E-state index in [9.17, 15) is 4.79 Å². The van der Waals surface area contributed by atoms with Gasteiger partial charge in [-0.1, -0.05) is 15.9 Å². The summed E-state index contributed by atoms with van der Waals surface area (Å²) in [6.45, 7) is 2.10. The molecule has 19 heavy (non-hydrogen) atoms. The van der Waals surface area contributed by atoms with Gasteiger partial charge in [0.25, 0.3) is 0 Å². The number of halogens is 1. The first-order valence-corrected chi connectivity index (χ1v) is 6.64. The summed E-state index contributed by atoms with van der Waals surface area (Å²) >= 11 is 3.36. The minimum absolute atomic E-state index is 0.106. The van der Waals surface area contributed by atoms with E-state index in [4.69, 9.17) is 0 Å². The van der Waals surface area contributed by atoms with E-state index in [0.717, 1.165) is 15.9 Å². The summed E-state index contributed by atoms with van der Waals surface area (Å²) in [5.74, 6) is 0.589. The number of hydrogen-bond acceptors (Lipinski definition) is 3. The predicted molar refractivity (Wildman–Crippen MR) is 79.2 cm³/mol. The van der Waals surface area contributed by atoms with Crippen LogP contribution in [-0.2, 0) is 11.8 Å². The number of benzene rings is 1. The first kappa shape index (κ1) is 13.6. The van der Waals surface area contributed by atoms with E-state index in [1.807, 2.05) is 37.3 Å². The number of aryl methyl sites for hydroxylation is 2. The van der Waals surface area contributed by atoms with Crippen LogP contribution in [0.25, 0.3) is 0 Å². The predicted octanol–water partition coefficient (Wildman–Crippen LogP) is 2.54. The molecule has 0 atom stereocenters. The number of amides is 1. The monoisotopic (exact) mass is 322 g/mol. The van der Waals surface area contributed by atoms with Crippen LogP contribution in [0.4, 0.5) is 11.5 Å². The van der Waals surface area contributed by atoms with E-state index in [2.05, 4.69) is 31.7 Å². The van der Waals surface area contributed by atoms with Crippen molar-refractivity contribution >= 4 is 33.3 Å². The maximum absolute atomic E-state index is 11.8. The lowest BCUT2D eigenvalue weighted by Gasteiger charge is -2.07. The fourth-order valence-electron chi connectivity index (χ4n) is 1.66. The number of nitrogens with zero attached hydrogens (tertiary/aromatic N) is 2. The Morgan fingerprint density at radius 3 is 2.63 bits per heavy atom. The van der Waals surface area contributed by atoms with Gasteiger partial charge in [-0.15, -0.1) is 0 Å². The molecule has 0 unspecified atom stereocenters. The first-order chi connectivity index (χ1) is 9.04. The molecule has 0 aliphatic heterocycles. The molecule has 2 N–H and O–H groups in total. The molecule has 0 bridgehead atoms. The molecule has 6 heteroatoms. The van der Waals surface area contributed by atoms with Gasteiger partial charge in [0.15, 0.2) is 0 Å². The molecule has 0 spiro atoms. The number of carbonyl (C=O) groups is 1. The maximum Gasteiger partial charge on any atom is 0.244 e. The average Bonchev–Trinajstić information content (AvgIpc) is 2.67. The SMILES string of the molecule is Cc1cc(NC(=O)CNc2ccc(Br)cc2)n(C)n1. The normalized spacial score (nSPS) is 10.3. The number of hydrogen-bond donors (Lipinski definition) is 2. The van der Waals surface area contributed by atoms with E-state index < -0.39 is 0 Å². The molecule has 0 saturated heterocycles. The number of anilines is 2. The zero-order chi connectivity index (χ0) is 13.8. The van der Waals surface area contributed by atoms with Crippen LogP contribution >= 0.6 is 15.9 Å². The van der Waals surface area contributed by atoms with Crippen LogP contribution < -0.4 is 10.6 Å². The Labute approximate surface area is 120 Å². The largest absolute Gasteiger partial charge is 0.376 e. The van der Waals surface area contributed by atoms with Gasteiger partial charge in [0.05, 0.1) is 12.2 Å². The minimum atomic E-state index is -0.106. The summed E-state index contributed by atoms with van der Waals surface area (Å²) in [5, 5.41) is 10.0. The summed E-state index contributed by atoms with van der Waals surface area (Å²) in [6.07, 6.45) is 0. The van der Waals surface area contributed by atoms with Crippen LogP contribution in [0.15, 0.2) is 34.8 Å². The quantitative estimate of drug-likeness (QED) is 0.909. The Hall–Kier alpha value is -1.82. The Kier molecular flexibility index (Phi) is 4.21. The smallest absolute Gasteiger partial charge is 0.244 e. The Morgan fingerprint density at radius 1 is 1.37 bits per heavy atom. The van der Waals surface area contributed by atoms with E-state index >= 15 is 0 Å². The van der Waals surface area contributed by atoms with Gasteiger partial charge >= 0.3 is 0 Å². The van der Waals surface area contributed by atoms with Crippen LogP contribution in [0.3, 0.4) is 0 Å². The zero-order valence-corrected chi connectivity index (χ0v) is 12.4. The van der Waals surface area contributed by atoms with Crippen LogP contribution in [0.5, 0.6) is 0 Å². The third kappa shape index (κ3) is 3.82. The number of nitrogens with one attached hydrogen (secondary N) is 2. The summed E-state index contributed by atoms with van der Waals surface area (Å²) < 4.78 is 2.65. The Bertz CT molecular complexity index is 577. The van der Waals surface area contributed by atoms with Gasteiger partial charge in [-0.3, -0.25) is 9.48 Å². The molecule has 1 aromatic heterocycles. The van der Waals surface area contributed by atoms with E-state index in [0.29, 0.717) is 5.82 Å². The van der Waals surface area contributed by atoms with Crippen molar-refractivity contribution in [1.82, 2.24) is 9.78 Å². The average molecular weight is 323 g/mol. The van der Waals surface area contributed by atoms with Gasteiger partial charge in [-0.25, -0.2) is 0 Å². The molecule has 1 amide bonds. The lowest BCUT2D eigenvalue weighted by atomic mass is 10.3. The number of carbonyl (C=O) groups excluding carboxylic acids is 1. The summed E-state index contributed by atoms with van der Waals surface area (Å²) in [7, 11) is 1.80. The molecule has 100 valence electrons. The van der Waals surface area contributed by atoms with Crippen molar-refractivity contribution < 1.29 is 4.79 Å². The van der Waals surface area contributed by atoms with Crippen molar-refractivity contribution in [2.75, 3.05) is 17.2 Å². The van der Waals surface area contributed by atoms with Crippen LogP contribution in [0, 0.1) is 6.92 Å². The minimum Gasteiger partial charge on any atom is -0.376 e. The fraction of sp³-hybridized carbons (Fsp3) is 0.231. The van der Waals surface area contributed by atoms with Gasteiger partial charge in [0, 0.05) is 23.3 Å². The molecule has 0 saturated carbocycles. The molecule has 0 aliphatic rings. The van der Waals surface area contributed by atoms with Crippen LogP contribution in [-0.4, -0.2) is 22.2 Å². The summed E-state index contributed by atoms with van der Waals surface area (Å²) in [4.78, 5) is 11.8. The molecule has 1 aromatic carbocycles. The first-order valence-electron chi connectivity index (χ1n) is 5.84. The van der Waals surface area contributed by atoms with Crippen molar-refractivity contribution in [2.45, 2.75) is 6.92 Å². The van der Waals surface area contributed by atoms with Crippen LogP contribution in [0.2, 0.25) is 0 Å². The highest BCUT2D eigenvalue weighted by molar-refractivity contribution is 9.10. The second-order valence-electron chi connectivity index (χ2n) is 4.20. The second-order valence-corrected chi connectivity index (χ2v) is 5.12. The lowest BCUT2D eigenvalue weighted by Crippen LogP contribution is -2.22. The molecule has 2 aromatic rings. The van der Waals surface area contributed by atoms with E-state index in [-0.39, 0.29) is 12.5 Å². The van der Waals surface area contributed by atoms with Gasteiger partial charge in [0.2, 0.25) is 5.91 Å². The van der Waals surface area contributed by atoms with Crippen molar-refractivity contribution in [3.63, 3.8) is 0 Å². The Balaban J connectivity index is 1.88. The molecular formula is C13H15BrN4O. The Morgan fingerprint density at radius 2 is 2.05 bits per heavy atom. The molecular weight excluding hydrogens is 308 g/mol.